The van der Waals surface area contributed by atoms with E-state index in [0.717, 1.165) is 5.75 Å². The summed E-state index contributed by atoms with van der Waals surface area (Å²) in [5.41, 5.74) is 8.42. The average Bonchev–Trinajstić information content (AvgIpc) is 2.95. The number of benzene rings is 1. The Morgan fingerprint density at radius 2 is 2.00 bits per heavy atom. The monoisotopic (exact) mass is 300 g/mol. The molecule has 6 heteroatoms. The zero-order valence-corrected chi connectivity index (χ0v) is 12.5. The number of aromatic nitrogens is 3. The van der Waals surface area contributed by atoms with E-state index < -0.39 is 0 Å². The predicted molar refractivity (Wildman–Crippen MR) is 84.6 cm³/mol. The van der Waals surface area contributed by atoms with Crippen molar-refractivity contribution in [3.05, 3.63) is 48.0 Å². The molecule has 21 heavy (non-hydrogen) atoms. The molecular weight excluding hydrogens is 284 g/mol. The summed E-state index contributed by atoms with van der Waals surface area (Å²) in [4.78, 5) is 4.48. The summed E-state index contributed by atoms with van der Waals surface area (Å²) in [5.74, 6) is 1.47. The molecule has 0 unspecified atom stereocenters. The van der Waals surface area contributed by atoms with E-state index in [9.17, 15) is 0 Å². The molecule has 0 aliphatic heterocycles. The molecule has 0 amide bonds. The third kappa shape index (κ3) is 2.95. The zero-order valence-electron chi connectivity index (χ0n) is 11.7. The summed E-state index contributed by atoms with van der Waals surface area (Å²) in [6.07, 6.45) is 0. The largest absolute Gasteiger partial charge is 0.478 e. The molecule has 1 aromatic carbocycles. The normalized spacial score (nSPS) is 10.9. The second-order valence-corrected chi connectivity index (χ2v) is 5.41. The van der Waals surface area contributed by atoms with Crippen molar-refractivity contribution >= 4 is 23.1 Å². The van der Waals surface area contributed by atoms with E-state index in [1.807, 2.05) is 31.2 Å². The zero-order chi connectivity index (χ0) is 14.7. The number of fused-ring (bicyclic) bond motifs is 1. The molecule has 2 N–H and O–H groups in total. The van der Waals surface area contributed by atoms with Crippen LogP contribution in [0.3, 0.4) is 0 Å². The molecule has 2 aromatic heterocycles. The lowest BCUT2D eigenvalue weighted by Gasteiger charge is -2.05. The van der Waals surface area contributed by atoms with Gasteiger partial charge in [0.05, 0.1) is 12.3 Å². The topological polar surface area (TPSA) is 65.4 Å². The van der Waals surface area contributed by atoms with Crippen LogP contribution >= 0.6 is 11.8 Å². The molecule has 2 heterocycles. The molecule has 0 saturated heterocycles. The van der Waals surface area contributed by atoms with Crippen LogP contribution in [-0.4, -0.2) is 21.2 Å². The fourth-order valence-corrected chi connectivity index (χ4v) is 2.76. The van der Waals surface area contributed by atoms with Gasteiger partial charge in [-0.1, -0.05) is 42.1 Å². The second-order valence-electron chi connectivity index (χ2n) is 4.46. The van der Waals surface area contributed by atoms with Gasteiger partial charge in [-0.2, -0.15) is 9.50 Å². The van der Waals surface area contributed by atoms with Crippen molar-refractivity contribution in [2.24, 2.45) is 0 Å². The SMILES string of the molecule is CCOc1ccc(N)c2nc(SCc3ccccc3)nn12. The van der Waals surface area contributed by atoms with Gasteiger partial charge in [0.2, 0.25) is 11.0 Å². The van der Waals surface area contributed by atoms with Crippen molar-refractivity contribution < 1.29 is 4.74 Å². The van der Waals surface area contributed by atoms with Gasteiger partial charge in [-0.05, 0) is 18.6 Å². The summed E-state index contributed by atoms with van der Waals surface area (Å²) >= 11 is 1.58. The lowest BCUT2D eigenvalue weighted by atomic mass is 10.2. The van der Waals surface area contributed by atoms with Crippen molar-refractivity contribution in [2.75, 3.05) is 12.3 Å². The Kier molecular flexibility index (Phi) is 3.96. The lowest BCUT2D eigenvalue weighted by molar-refractivity contribution is 0.317. The van der Waals surface area contributed by atoms with Gasteiger partial charge in [0, 0.05) is 11.8 Å². The Bertz CT molecular complexity index is 742. The minimum absolute atomic E-state index is 0.575. The van der Waals surface area contributed by atoms with Gasteiger partial charge in [0.1, 0.15) is 0 Å². The molecular formula is C15H16N4OS. The highest BCUT2D eigenvalue weighted by molar-refractivity contribution is 7.98. The van der Waals surface area contributed by atoms with Crippen molar-refractivity contribution in [3.8, 4) is 5.88 Å². The first-order valence-corrected chi connectivity index (χ1v) is 7.71. The predicted octanol–water partition coefficient (Wildman–Crippen LogP) is 3.00. The number of ether oxygens (including phenoxy) is 1. The standard InChI is InChI=1S/C15H16N4OS/c1-2-20-13-9-8-12(16)14-17-15(18-19(13)14)21-10-11-6-4-3-5-7-11/h3-9H,2,10,16H2,1H3. The molecule has 0 bridgehead atoms. The number of nitrogen functional groups attached to an aromatic ring is 1. The highest BCUT2D eigenvalue weighted by atomic mass is 32.2. The molecule has 0 fully saturated rings. The fourth-order valence-electron chi connectivity index (χ4n) is 1.98. The molecule has 0 aliphatic rings. The molecule has 108 valence electrons. The summed E-state index contributed by atoms with van der Waals surface area (Å²) in [5, 5.41) is 5.16. The Labute approximate surface area is 127 Å². The van der Waals surface area contributed by atoms with Crippen LogP contribution in [0, 0.1) is 0 Å². The molecule has 0 atom stereocenters. The van der Waals surface area contributed by atoms with Crippen molar-refractivity contribution in [1.29, 1.82) is 0 Å². The Hall–Kier alpha value is -2.21. The van der Waals surface area contributed by atoms with E-state index in [1.165, 1.54) is 5.56 Å². The maximum absolute atomic E-state index is 5.95. The first kappa shape index (κ1) is 13.8. The van der Waals surface area contributed by atoms with Crippen LogP contribution in [0.5, 0.6) is 5.88 Å². The van der Waals surface area contributed by atoms with Crippen molar-refractivity contribution in [2.45, 2.75) is 17.8 Å². The summed E-state index contributed by atoms with van der Waals surface area (Å²) in [6, 6.07) is 13.8. The molecule has 3 aromatic rings. The van der Waals surface area contributed by atoms with Gasteiger partial charge in [-0.3, -0.25) is 0 Å². The van der Waals surface area contributed by atoms with Gasteiger partial charge >= 0.3 is 0 Å². The Morgan fingerprint density at radius 1 is 1.19 bits per heavy atom. The number of pyridine rings is 1. The number of nitrogens with zero attached hydrogens (tertiary/aromatic N) is 3. The Balaban J connectivity index is 1.86. The molecule has 0 spiro atoms. The summed E-state index contributed by atoms with van der Waals surface area (Å²) in [7, 11) is 0. The first-order valence-electron chi connectivity index (χ1n) is 6.72. The highest BCUT2D eigenvalue weighted by Gasteiger charge is 2.11. The fraction of sp³-hybridized carbons (Fsp3) is 0.200. The van der Waals surface area contributed by atoms with Crippen LogP contribution in [0.15, 0.2) is 47.6 Å². The lowest BCUT2D eigenvalue weighted by Crippen LogP contribution is -2.01. The molecule has 0 aliphatic carbocycles. The van der Waals surface area contributed by atoms with Gasteiger partial charge in [-0.15, -0.1) is 5.10 Å². The van der Waals surface area contributed by atoms with E-state index in [0.29, 0.717) is 29.0 Å². The van der Waals surface area contributed by atoms with Crippen LogP contribution < -0.4 is 10.5 Å². The average molecular weight is 300 g/mol. The summed E-state index contributed by atoms with van der Waals surface area (Å²) < 4.78 is 7.20. The minimum Gasteiger partial charge on any atom is -0.478 e. The number of rotatable bonds is 5. The van der Waals surface area contributed by atoms with Gasteiger partial charge in [0.15, 0.2) is 5.65 Å². The maximum Gasteiger partial charge on any atom is 0.216 e. The van der Waals surface area contributed by atoms with E-state index in [4.69, 9.17) is 10.5 Å². The Morgan fingerprint density at radius 3 is 2.76 bits per heavy atom. The van der Waals surface area contributed by atoms with Crippen LogP contribution in [0.1, 0.15) is 12.5 Å². The third-order valence-electron chi connectivity index (χ3n) is 2.96. The number of thioether (sulfide) groups is 1. The van der Waals surface area contributed by atoms with Crippen LogP contribution in [0.2, 0.25) is 0 Å². The molecule has 5 nitrogen and oxygen atoms in total. The maximum atomic E-state index is 5.95. The van der Waals surface area contributed by atoms with Gasteiger partial charge in [-0.25, -0.2) is 0 Å². The third-order valence-corrected chi connectivity index (χ3v) is 3.87. The quantitative estimate of drug-likeness (QED) is 0.734. The van der Waals surface area contributed by atoms with Crippen LogP contribution in [0.4, 0.5) is 5.69 Å². The van der Waals surface area contributed by atoms with Crippen LogP contribution in [0.25, 0.3) is 5.65 Å². The first-order chi connectivity index (χ1) is 10.3. The van der Waals surface area contributed by atoms with E-state index >= 15 is 0 Å². The minimum atomic E-state index is 0.575. The summed E-state index contributed by atoms with van der Waals surface area (Å²) in [6.45, 7) is 2.51. The van der Waals surface area contributed by atoms with E-state index in [1.54, 1.807) is 22.3 Å². The number of anilines is 1. The van der Waals surface area contributed by atoms with E-state index in [-0.39, 0.29) is 0 Å². The van der Waals surface area contributed by atoms with Gasteiger partial charge < -0.3 is 10.5 Å². The van der Waals surface area contributed by atoms with E-state index in [2.05, 4.69) is 22.2 Å². The van der Waals surface area contributed by atoms with Gasteiger partial charge in [0.25, 0.3) is 0 Å². The number of nitrogens with two attached hydrogens (primary N) is 1. The van der Waals surface area contributed by atoms with Crippen molar-refractivity contribution in [3.63, 3.8) is 0 Å². The molecule has 0 radical (unpaired) electrons. The number of hydrogen-bond donors (Lipinski definition) is 1. The van der Waals surface area contributed by atoms with Crippen LogP contribution in [-0.2, 0) is 5.75 Å². The molecule has 3 rings (SSSR count). The smallest absolute Gasteiger partial charge is 0.216 e. The highest BCUT2D eigenvalue weighted by Crippen LogP contribution is 2.25. The second kappa shape index (κ2) is 6.05. The number of hydrogen-bond acceptors (Lipinski definition) is 5. The molecule has 0 saturated carbocycles. The van der Waals surface area contributed by atoms with Crippen molar-refractivity contribution in [1.82, 2.24) is 14.6 Å².